The summed E-state index contributed by atoms with van der Waals surface area (Å²) in [4.78, 5) is 26.1. The van der Waals surface area contributed by atoms with Gasteiger partial charge in [-0.15, -0.1) is 0 Å². The fraction of sp³-hybridized carbons (Fsp3) is 0.250. The van der Waals surface area contributed by atoms with Crippen LogP contribution >= 0.6 is 0 Å². The lowest BCUT2D eigenvalue weighted by Crippen LogP contribution is -2.35. The minimum absolute atomic E-state index is 0.182. The van der Waals surface area contributed by atoms with Gasteiger partial charge in [0.15, 0.2) is 6.10 Å². The van der Waals surface area contributed by atoms with Crippen LogP contribution < -0.4 is 10.2 Å². The number of anilines is 1. The van der Waals surface area contributed by atoms with Crippen molar-refractivity contribution in [3.63, 3.8) is 0 Å². The second-order valence-electron chi connectivity index (χ2n) is 6.00. The Kier molecular flexibility index (Phi) is 6.78. The van der Waals surface area contributed by atoms with Gasteiger partial charge in [-0.3, -0.25) is 4.79 Å². The minimum atomic E-state index is -1.04. The summed E-state index contributed by atoms with van der Waals surface area (Å²) in [6.45, 7) is 1.63. The molecule has 0 aliphatic carbocycles. The predicted octanol–water partition coefficient (Wildman–Crippen LogP) is 2.50. The Bertz CT molecular complexity index is 846. The van der Waals surface area contributed by atoms with Crippen LogP contribution in [0.2, 0.25) is 0 Å². The molecule has 0 saturated carbocycles. The largest absolute Gasteiger partial charge is 0.467 e. The molecule has 1 aromatic carbocycles. The summed E-state index contributed by atoms with van der Waals surface area (Å²) in [7, 11) is 3.84. The van der Waals surface area contributed by atoms with Crippen molar-refractivity contribution in [2.24, 2.45) is 0 Å². The van der Waals surface area contributed by atoms with Crippen molar-refractivity contribution in [2.45, 2.75) is 19.6 Å². The van der Waals surface area contributed by atoms with Crippen LogP contribution in [-0.2, 0) is 20.9 Å². The maximum Gasteiger partial charge on any atom is 0.349 e. The van der Waals surface area contributed by atoms with Gasteiger partial charge in [0, 0.05) is 19.8 Å². The molecule has 7 heteroatoms. The van der Waals surface area contributed by atoms with Crippen LogP contribution in [0.25, 0.3) is 6.08 Å². The molecule has 0 fully saturated rings. The number of ether oxygens (including phenoxy) is 1. The van der Waals surface area contributed by atoms with Crippen LogP contribution in [0.4, 0.5) is 5.69 Å². The molecule has 2 rings (SSSR count). The number of carbonyl (C=O) groups is 2. The molecule has 27 heavy (non-hydrogen) atoms. The van der Waals surface area contributed by atoms with Crippen LogP contribution in [0.1, 0.15) is 18.2 Å². The molecule has 1 atom stereocenters. The monoisotopic (exact) mass is 367 g/mol. The Morgan fingerprint density at radius 3 is 2.56 bits per heavy atom. The molecule has 1 unspecified atom stereocenters. The van der Waals surface area contributed by atoms with Crippen molar-refractivity contribution >= 4 is 23.6 Å². The molecule has 2 aromatic rings. The van der Waals surface area contributed by atoms with Gasteiger partial charge in [-0.1, -0.05) is 12.1 Å². The first-order chi connectivity index (χ1) is 12.9. The first kappa shape index (κ1) is 19.8. The molecular formula is C20H21N3O4. The van der Waals surface area contributed by atoms with Crippen molar-refractivity contribution in [2.75, 3.05) is 19.0 Å². The highest BCUT2D eigenvalue weighted by molar-refractivity contribution is 5.99. The van der Waals surface area contributed by atoms with E-state index in [0.717, 1.165) is 5.69 Å². The molecule has 0 spiro atoms. The highest BCUT2D eigenvalue weighted by Crippen LogP contribution is 2.15. The molecule has 0 bridgehead atoms. The molecule has 0 radical (unpaired) electrons. The van der Waals surface area contributed by atoms with Crippen molar-refractivity contribution in [1.82, 2.24) is 5.32 Å². The maximum atomic E-state index is 12.2. The van der Waals surface area contributed by atoms with Crippen LogP contribution in [0.5, 0.6) is 0 Å². The van der Waals surface area contributed by atoms with Crippen LogP contribution in [0, 0.1) is 11.3 Å². The summed E-state index contributed by atoms with van der Waals surface area (Å²) in [5.41, 5.74) is 1.50. The van der Waals surface area contributed by atoms with E-state index in [4.69, 9.17) is 9.15 Å². The number of benzene rings is 1. The summed E-state index contributed by atoms with van der Waals surface area (Å²) >= 11 is 0. The molecule has 140 valence electrons. The summed E-state index contributed by atoms with van der Waals surface area (Å²) in [6.07, 6.45) is 1.88. The Labute approximate surface area is 157 Å². The highest BCUT2D eigenvalue weighted by atomic mass is 16.5. The number of furan rings is 1. The Hall–Kier alpha value is -3.53. The van der Waals surface area contributed by atoms with E-state index in [2.05, 4.69) is 5.32 Å². The summed E-state index contributed by atoms with van der Waals surface area (Å²) in [5.74, 6) is -0.747. The average molecular weight is 367 g/mol. The first-order valence-electron chi connectivity index (χ1n) is 8.31. The quantitative estimate of drug-likeness (QED) is 0.459. The van der Waals surface area contributed by atoms with Gasteiger partial charge >= 0.3 is 5.97 Å². The summed E-state index contributed by atoms with van der Waals surface area (Å²) in [5, 5.41) is 11.8. The lowest BCUT2D eigenvalue weighted by Gasteiger charge is -2.13. The van der Waals surface area contributed by atoms with Crippen molar-refractivity contribution in [3.05, 3.63) is 59.6 Å². The van der Waals surface area contributed by atoms with Gasteiger partial charge in [-0.2, -0.15) is 5.26 Å². The second-order valence-corrected chi connectivity index (χ2v) is 6.00. The first-order valence-corrected chi connectivity index (χ1v) is 8.31. The fourth-order valence-corrected chi connectivity index (χ4v) is 2.18. The van der Waals surface area contributed by atoms with Crippen molar-refractivity contribution in [3.8, 4) is 6.07 Å². The number of rotatable bonds is 7. The topological polar surface area (TPSA) is 95.6 Å². The number of hydrogen-bond donors (Lipinski definition) is 1. The molecule has 7 nitrogen and oxygen atoms in total. The molecule has 0 aliphatic heterocycles. The smallest absolute Gasteiger partial charge is 0.349 e. The standard InChI is InChI=1S/C20H21N3O4/c1-14(19(24)22-13-18-5-4-10-26-18)27-20(25)16(12-21)11-15-6-8-17(9-7-15)23(2)3/h4-11,14H,13H2,1-3H3,(H,22,24). The molecular weight excluding hydrogens is 346 g/mol. The molecule has 1 aromatic heterocycles. The average Bonchev–Trinajstić information content (AvgIpc) is 3.17. The normalized spacial score (nSPS) is 12.0. The molecule has 1 amide bonds. The third-order valence-electron chi connectivity index (χ3n) is 3.73. The third-order valence-corrected chi connectivity index (χ3v) is 3.73. The Balaban J connectivity index is 1.96. The zero-order valence-electron chi connectivity index (χ0n) is 15.4. The number of amides is 1. The fourth-order valence-electron chi connectivity index (χ4n) is 2.18. The van der Waals surface area contributed by atoms with E-state index >= 15 is 0 Å². The molecule has 1 N–H and O–H groups in total. The van der Waals surface area contributed by atoms with E-state index in [0.29, 0.717) is 11.3 Å². The van der Waals surface area contributed by atoms with E-state index in [1.54, 1.807) is 24.3 Å². The zero-order chi connectivity index (χ0) is 19.8. The highest BCUT2D eigenvalue weighted by Gasteiger charge is 2.20. The summed E-state index contributed by atoms with van der Waals surface area (Å²) < 4.78 is 10.2. The second kappa shape index (κ2) is 9.25. The number of nitrogens with zero attached hydrogens (tertiary/aromatic N) is 2. The van der Waals surface area contributed by atoms with E-state index in [9.17, 15) is 14.9 Å². The zero-order valence-corrected chi connectivity index (χ0v) is 15.4. The van der Waals surface area contributed by atoms with Gasteiger partial charge in [0.2, 0.25) is 0 Å². The Morgan fingerprint density at radius 2 is 2.00 bits per heavy atom. The van der Waals surface area contributed by atoms with E-state index in [-0.39, 0.29) is 12.1 Å². The van der Waals surface area contributed by atoms with Crippen molar-refractivity contribution in [1.29, 1.82) is 5.26 Å². The van der Waals surface area contributed by atoms with Gasteiger partial charge in [0.1, 0.15) is 17.4 Å². The number of esters is 1. The van der Waals surface area contributed by atoms with Crippen LogP contribution in [0.3, 0.4) is 0 Å². The van der Waals surface area contributed by atoms with E-state index < -0.39 is 18.0 Å². The summed E-state index contributed by atoms with van der Waals surface area (Å²) in [6, 6.07) is 12.6. The Morgan fingerprint density at radius 1 is 1.30 bits per heavy atom. The molecule has 0 aliphatic rings. The molecule has 0 saturated heterocycles. The minimum Gasteiger partial charge on any atom is -0.467 e. The van der Waals surface area contributed by atoms with Gasteiger partial charge in [0.05, 0.1) is 12.8 Å². The molecule has 1 heterocycles. The van der Waals surface area contributed by atoms with Crippen LogP contribution in [-0.4, -0.2) is 32.1 Å². The van der Waals surface area contributed by atoms with E-state index in [1.165, 1.54) is 19.3 Å². The van der Waals surface area contributed by atoms with Gasteiger partial charge in [-0.05, 0) is 42.8 Å². The SMILES string of the molecule is CC(OC(=O)C(C#N)=Cc1ccc(N(C)C)cc1)C(=O)NCc1ccco1. The third kappa shape index (κ3) is 5.75. The van der Waals surface area contributed by atoms with Crippen molar-refractivity contribution < 1.29 is 18.7 Å². The number of carbonyl (C=O) groups excluding carboxylic acids is 2. The lowest BCUT2D eigenvalue weighted by atomic mass is 10.1. The number of nitrogens with one attached hydrogen (secondary N) is 1. The van der Waals surface area contributed by atoms with Crippen LogP contribution in [0.15, 0.2) is 52.7 Å². The predicted molar refractivity (Wildman–Crippen MR) is 100 cm³/mol. The van der Waals surface area contributed by atoms with E-state index in [1.807, 2.05) is 37.2 Å². The van der Waals surface area contributed by atoms with Gasteiger partial charge in [0.25, 0.3) is 5.91 Å². The number of nitriles is 1. The van der Waals surface area contributed by atoms with Gasteiger partial charge < -0.3 is 19.4 Å². The number of hydrogen-bond acceptors (Lipinski definition) is 6. The lowest BCUT2D eigenvalue weighted by molar-refractivity contribution is -0.150. The maximum absolute atomic E-state index is 12.2. The van der Waals surface area contributed by atoms with Gasteiger partial charge in [-0.25, -0.2) is 4.79 Å².